The Morgan fingerprint density at radius 2 is 2.15 bits per heavy atom. The fourth-order valence-corrected chi connectivity index (χ4v) is 3.66. The molecule has 146 valence electrons. The molecular formula is C19H25FN4O3. The van der Waals surface area contributed by atoms with Gasteiger partial charge in [0.25, 0.3) is 5.91 Å². The minimum absolute atomic E-state index is 0.00352. The van der Waals surface area contributed by atoms with Gasteiger partial charge in [-0.2, -0.15) is 5.10 Å². The monoisotopic (exact) mass is 376 g/mol. The first-order valence-electron chi connectivity index (χ1n) is 9.02. The van der Waals surface area contributed by atoms with Crippen molar-refractivity contribution in [3.63, 3.8) is 0 Å². The summed E-state index contributed by atoms with van der Waals surface area (Å²) in [4.78, 5) is 16.8. The number of nitrogens with one attached hydrogen (secondary N) is 1. The Hall–Kier alpha value is -2.29. The van der Waals surface area contributed by atoms with E-state index in [0.717, 1.165) is 0 Å². The summed E-state index contributed by atoms with van der Waals surface area (Å²) in [7, 11) is 1.91. The molecule has 0 spiro atoms. The van der Waals surface area contributed by atoms with E-state index in [2.05, 4.69) is 10.2 Å². The van der Waals surface area contributed by atoms with Crippen molar-refractivity contribution in [1.82, 2.24) is 20.0 Å². The molecule has 3 rings (SSSR count). The van der Waals surface area contributed by atoms with Gasteiger partial charge in [0.2, 0.25) is 0 Å². The van der Waals surface area contributed by atoms with Gasteiger partial charge >= 0.3 is 0 Å². The molecule has 0 radical (unpaired) electrons. The highest BCUT2D eigenvalue weighted by Crippen LogP contribution is 2.28. The van der Waals surface area contributed by atoms with Crippen LogP contribution < -0.4 is 0 Å². The topological polar surface area (TPSA) is 92.7 Å². The van der Waals surface area contributed by atoms with Crippen molar-refractivity contribution >= 4 is 5.91 Å². The number of aromatic amines is 1. The number of H-pyrrole nitrogens is 1. The Labute approximate surface area is 157 Å². The highest BCUT2D eigenvalue weighted by molar-refractivity contribution is 5.99. The van der Waals surface area contributed by atoms with Crippen molar-refractivity contribution < 1.29 is 19.4 Å². The molecule has 2 heterocycles. The lowest BCUT2D eigenvalue weighted by Crippen LogP contribution is -2.33. The van der Waals surface area contributed by atoms with E-state index < -0.39 is 0 Å². The zero-order valence-electron chi connectivity index (χ0n) is 15.3. The molecule has 0 aliphatic carbocycles. The number of likely N-dealkylation sites (tertiary alicyclic amines) is 1. The number of aliphatic hydroxyl groups excluding tert-OH is 2. The smallest absolute Gasteiger partial charge is 0.257 e. The number of carbonyl (C=O) groups excluding carboxylic acids is 1. The summed E-state index contributed by atoms with van der Waals surface area (Å²) < 4.78 is 13.5. The maximum absolute atomic E-state index is 13.5. The van der Waals surface area contributed by atoms with Gasteiger partial charge in [0.05, 0.1) is 24.1 Å². The third-order valence-corrected chi connectivity index (χ3v) is 5.11. The molecule has 1 saturated heterocycles. The molecule has 8 heteroatoms. The van der Waals surface area contributed by atoms with Crippen LogP contribution in [0.4, 0.5) is 4.39 Å². The Bertz CT molecular complexity index is 782. The molecule has 1 fully saturated rings. The lowest BCUT2D eigenvalue weighted by atomic mass is 9.96. The molecule has 3 N–H and O–H groups in total. The highest BCUT2D eigenvalue weighted by Gasteiger charge is 2.36. The summed E-state index contributed by atoms with van der Waals surface area (Å²) in [6.07, 6.45) is 1.46. The number of aliphatic hydroxyl groups is 2. The minimum Gasteiger partial charge on any atom is -0.396 e. The zero-order chi connectivity index (χ0) is 19.4. The van der Waals surface area contributed by atoms with Crippen molar-refractivity contribution in [3.8, 4) is 11.3 Å². The lowest BCUT2D eigenvalue weighted by molar-refractivity contribution is 0.0779. The second kappa shape index (κ2) is 8.60. The van der Waals surface area contributed by atoms with E-state index in [9.17, 15) is 14.3 Å². The number of benzene rings is 1. The molecule has 0 saturated carbocycles. The maximum Gasteiger partial charge on any atom is 0.257 e. The molecule has 7 nitrogen and oxygen atoms in total. The van der Waals surface area contributed by atoms with Crippen LogP contribution in [0.3, 0.4) is 0 Å². The largest absolute Gasteiger partial charge is 0.396 e. The van der Waals surface area contributed by atoms with E-state index in [1.807, 2.05) is 11.9 Å². The molecule has 0 bridgehead atoms. The Morgan fingerprint density at radius 3 is 2.85 bits per heavy atom. The second-order valence-corrected chi connectivity index (χ2v) is 7.07. The normalized spacial score (nSPS) is 19.8. The number of halogens is 1. The number of hydrogen-bond acceptors (Lipinski definition) is 5. The van der Waals surface area contributed by atoms with Crippen molar-refractivity contribution in [3.05, 3.63) is 41.8 Å². The van der Waals surface area contributed by atoms with Gasteiger partial charge < -0.3 is 20.0 Å². The van der Waals surface area contributed by atoms with Crippen LogP contribution >= 0.6 is 0 Å². The van der Waals surface area contributed by atoms with E-state index in [1.54, 1.807) is 17.0 Å². The average molecular weight is 376 g/mol. The van der Waals surface area contributed by atoms with Crippen LogP contribution in [0.1, 0.15) is 10.4 Å². The van der Waals surface area contributed by atoms with Gasteiger partial charge in [-0.1, -0.05) is 12.1 Å². The Balaban J connectivity index is 1.76. The fraction of sp³-hybridized carbons (Fsp3) is 0.474. The molecule has 1 aliphatic heterocycles. The SMILES string of the molecule is CN(CCO)C[C@@H]1CN(C(=O)c2cn[nH]c2-c2cccc(F)c2)C[C@@H]1CO. The summed E-state index contributed by atoms with van der Waals surface area (Å²) in [5.74, 6) is -0.456. The number of carbonyl (C=O) groups is 1. The predicted octanol–water partition coefficient (Wildman–Crippen LogP) is 0.820. The van der Waals surface area contributed by atoms with Crippen LogP contribution in [0.5, 0.6) is 0 Å². The van der Waals surface area contributed by atoms with Crippen LogP contribution in [-0.4, -0.2) is 82.6 Å². The maximum atomic E-state index is 13.5. The molecule has 1 aliphatic rings. The molecule has 1 amide bonds. The second-order valence-electron chi connectivity index (χ2n) is 7.07. The third kappa shape index (κ3) is 4.35. The van der Waals surface area contributed by atoms with E-state index in [1.165, 1.54) is 18.3 Å². The Morgan fingerprint density at radius 1 is 1.37 bits per heavy atom. The minimum atomic E-state index is -0.381. The predicted molar refractivity (Wildman–Crippen MR) is 98.5 cm³/mol. The summed E-state index contributed by atoms with van der Waals surface area (Å²) in [6, 6.07) is 6.02. The standard InChI is InChI=1S/C19H25FN4O3/c1-23(5-6-25)9-14-10-24(11-15(14)12-26)19(27)17-8-21-22-18(17)13-3-2-4-16(20)7-13/h2-4,7-8,14-15,25-26H,5-6,9-12H2,1H3,(H,21,22)/t14-,15-/m1/s1. The lowest BCUT2D eigenvalue weighted by Gasteiger charge is -2.23. The van der Waals surface area contributed by atoms with Crippen molar-refractivity contribution in [1.29, 1.82) is 0 Å². The number of rotatable bonds is 7. The van der Waals surface area contributed by atoms with Crippen LogP contribution in [0, 0.1) is 17.7 Å². The van der Waals surface area contributed by atoms with Crippen LogP contribution in [-0.2, 0) is 0 Å². The van der Waals surface area contributed by atoms with Gasteiger partial charge in [0.1, 0.15) is 5.82 Å². The quantitative estimate of drug-likeness (QED) is 0.665. The van der Waals surface area contributed by atoms with Gasteiger partial charge in [-0.25, -0.2) is 4.39 Å². The van der Waals surface area contributed by atoms with Crippen LogP contribution in [0.2, 0.25) is 0 Å². The zero-order valence-corrected chi connectivity index (χ0v) is 15.3. The summed E-state index contributed by atoms with van der Waals surface area (Å²) in [5.41, 5.74) is 1.44. The molecule has 2 aromatic rings. The van der Waals surface area contributed by atoms with E-state index >= 15 is 0 Å². The van der Waals surface area contributed by atoms with Crippen molar-refractivity contribution in [2.24, 2.45) is 11.8 Å². The number of aromatic nitrogens is 2. The number of nitrogens with zero attached hydrogens (tertiary/aromatic N) is 3. The molecule has 27 heavy (non-hydrogen) atoms. The first-order chi connectivity index (χ1) is 13.0. The van der Waals surface area contributed by atoms with Crippen molar-refractivity contribution in [2.75, 3.05) is 46.4 Å². The molecule has 0 unspecified atom stereocenters. The van der Waals surface area contributed by atoms with Gasteiger partial charge in [-0.05, 0) is 25.1 Å². The first kappa shape index (κ1) is 19.5. The van der Waals surface area contributed by atoms with E-state index in [4.69, 9.17) is 5.11 Å². The van der Waals surface area contributed by atoms with Crippen LogP contribution in [0.15, 0.2) is 30.5 Å². The number of hydrogen-bond donors (Lipinski definition) is 3. The van der Waals surface area contributed by atoms with E-state index in [0.29, 0.717) is 43.0 Å². The van der Waals surface area contributed by atoms with Gasteiger partial charge in [-0.15, -0.1) is 0 Å². The fourth-order valence-electron chi connectivity index (χ4n) is 3.66. The molecular weight excluding hydrogens is 351 g/mol. The molecule has 1 aromatic heterocycles. The number of likely N-dealkylation sites (N-methyl/N-ethyl adjacent to an activating group) is 1. The Kier molecular flexibility index (Phi) is 6.20. The summed E-state index contributed by atoms with van der Waals surface area (Å²) >= 11 is 0. The first-order valence-corrected chi connectivity index (χ1v) is 9.02. The highest BCUT2D eigenvalue weighted by atomic mass is 19.1. The molecule has 1 aromatic carbocycles. The third-order valence-electron chi connectivity index (χ3n) is 5.11. The van der Waals surface area contributed by atoms with Gasteiger partial charge in [-0.3, -0.25) is 9.89 Å². The summed E-state index contributed by atoms with van der Waals surface area (Å²) in [5, 5.41) is 25.5. The van der Waals surface area contributed by atoms with E-state index in [-0.39, 0.29) is 36.8 Å². The van der Waals surface area contributed by atoms with Crippen LogP contribution in [0.25, 0.3) is 11.3 Å². The average Bonchev–Trinajstić information content (AvgIpc) is 3.28. The van der Waals surface area contributed by atoms with Gasteiger partial charge in [0, 0.05) is 44.3 Å². The molecule has 2 atom stereocenters. The summed E-state index contributed by atoms with van der Waals surface area (Å²) in [6.45, 7) is 2.30. The number of amides is 1. The van der Waals surface area contributed by atoms with Gasteiger partial charge in [0.15, 0.2) is 0 Å². The van der Waals surface area contributed by atoms with Crippen molar-refractivity contribution in [2.45, 2.75) is 0 Å².